The summed E-state index contributed by atoms with van der Waals surface area (Å²) in [4.78, 5) is 5.20. The number of benzene rings is 1. The molecule has 0 saturated carbocycles. The number of hydrogen-bond acceptors (Lipinski definition) is 2. The van der Waals surface area contributed by atoms with Crippen molar-refractivity contribution < 1.29 is 0 Å². The summed E-state index contributed by atoms with van der Waals surface area (Å²) in [6.45, 7) is 16.4. The Morgan fingerprint density at radius 1 is 0.762 bits per heavy atom. The average Bonchev–Trinajstić information content (AvgIpc) is 2.42. The summed E-state index contributed by atoms with van der Waals surface area (Å²) in [6.07, 6.45) is 1.19. The van der Waals surface area contributed by atoms with E-state index >= 15 is 0 Å². The van der Waals surface area contributed by atoms with Crippen molar-refractivity contribution in [1.29, 1.82) is 0 Å². The summed E-state index contributed by atoms with van der Waals surface area (Å²) >= 11 is 0. The van der Waals surface area contributed by atoms with Gasteiger partial charge in [-0.05, 0) is 29.4 Å². The summed E-state index contributed by atoms with van der Waals surface area (Å²) < 4.78 is 0. The van der Waals surface area contributed by atoms with Crippen LogP contribution in [-0.4, -0.2) is 42.5 Å². The maximum absolute atomic E-state index is 2.60. The Labute approximate surface area is 131 Å². The van der Waals surface area contributed by atoms with Crippen LogP contribution in [0.3, 0.4) is 0 Å². The minimum Gasteiger partial charge on any atom is -0.301 e. The third-order valence-corrected chi connectivity index (χ3v) is 4.16. The molecule has 2 nitrogen and oxygen atoms in total. The molecule has 0 spiro atoms. The minimum atomic E-state index is 0.741. The van der Waals surface area contributed by atoms with Gasteiger partial charge in [0.15, 0.2) is 0 Å². The van der Waals surface area contributed by atoms with Gasteiger partial charge in [0.05, 0.1) is 0 Å². The molecule has 0 atom stereocenters. The van der Waals surface area contributed by atoms with Crippen LogP contribution in [0.15, 0.2) is 24.3 Å². The molecule has 2 heteroatoms. The van der Waals surface area contributed by atoms with E-state index in [0.717, 1.165) is 18.4 Å². The van der Waals surface area contributed by atoms with E-state index in [4.69, 9.17) is 0 Å². The Morgan fingerprint density at radius 2 is 1.29 bits per heavy atom. The summed E-state index contributed by atoms with van der Waals surface area (Å²) in [6, 6.07) is 9.26. The topological polar surface area (TPSA) is 6.48 Å². The molecule has 0 aromatic heterocycles. The molecular weight excluding hydrogens is 256 g/mol. The molecule has 1 aliphatic heterocycles. The fraction of sp³-hybridized carbons (Fsp3) is 0.684. The van der Waals surface area contributed by atoms with Crippen molar-refractivity contribution in [2.24, 2.45) is 11.8 Å². The largest absolute Gasteiger partial charge is 0.301 e. The summed E-state index contributed by atoms with van der Waals surface area (Å²) in [5.74, 6) is 1.52. The van der Waals surface area contributed by atoms with Gasteiger partial charge in [-0.15, -0.1) is 0 Å². The first kappa shape index (κ1) is 16.5. The second-order valence-corrected chi connectivity index (χ2v) is 7.39. The zero-order valence-corrected chi connectivity index (χ0v) is 14.3. The van der Waals surface area contributed by atoms with Crippen LogP contribution >= 0.6 is 0 Å². The van der Waals surface area contributed by atoms with E-state index in [1.807, 2.05) is 0 Å². The van der Waals surface area contributed by atoms with Crippen molar-refractivity contribution in [3.05, 3.63) is 35.4 Å². The van der Waals surface area contributed by atoms with Gasteiger partial charge in [0.25, 0.3) is 0 Å². The fourth-order valence-electron chi connectivity index (χ4n) is 3.16. The first-order valence-corrected chi connectivity index (χ1v) is 8.55. The lowest BCUT2D eigenvalue weighted by molar-refractivity contribution is 0.117. The molecule has 0 N–H and O–H groups in total. The van der Waals surface area contributed by atoms with Crippen LogP contribution in [-0.2, 0) is 13.0 Å². The second-order valence-electron chi connectivity index (χ2n) is 7.39. The molecule has 0 radical (unpaired) electrons. The van der Waals surface area contributed by atoms with E-state index in [-0.39, 0.29) is 0 Å². The summed E-state index contributed by atoms with van der Waals surface area (Å²) in [5.41, 5.74) is 2.93. The van der Waals surface area contributed by atoms with Crippen LogP contribution in [0, 0.1) is 11.8 Å². The highest BCUT2D eigenvalue weighted by Gasteiger charge is 2.17. The van der Waals surface area contributed by atoms with E-state index in [9.17, 15) is 0 Å². The SMILES string of the molecule is CC(C)Cc1ccc(CN2CCN(CC(C)C)CC2)cc1. The van der Waals surface area contributed by atoms with Crippen LogP contribution < -0.4 is 0 Å². The second kappa shape index (κ2) is 7.95. The maximum Gasteiger partial charge on any atom is 0.0234 e. The Morgan fingerprint density at radius 3 is 1.81 bits per heavy atom. The van der Waals surface area contributed by atoms with E-state index in [0.29, 0.717) is 0 Å². The zero-order chi connectivity index (χ0) is 15.2. The Hall–Kier alpha value is -0.860. The summed E-state index contributed by atoms with van der Waals surface area (Å²) in [5, 5.41) is 0. The molecular formula is C19H32N2. The molecule has 0 aliphatic carbocycles. The van der Waals surface area contributed by atoms with Crippen molar-refractivity contribution in [2.75, 3.05) is 32.7 Å². The smallest absolute Gasteiger partial charge is 0.0234 e. The van der Waals surface area contributed by atoms with Gasteiger partial charge in [0, 0.05) is 39.3 Å². The van der Waals surface area contributed by atoms with Crippen molar-refractivity contribution in [1.82, 2.24) is 9.80 Å². The first-order valence-electron chi connectivity index (χ1n) is 8.55. The lowest BCUT2D eigenvalue weighted by atomic mass is 10.0. The third kappa shape index (κ3) is 5.80. The normalized spacial score (nSPS) is 17.8. The molecule has 1 saturated heterocycles. The highest BCUT2D eigenvalue weighted by Crippen LogP contribution is 2.13. The van der Waals surface area contributed by atoms with E-state index in [1.165, 1.54) is 50.3 Å². The Bertz CT molecular complexity index is 400. The molecule has 1 aliphatic rings. The number of piperazine rings is 1. The van der Waals surface area contributed by atoms with E-state index in [1.54, 1.807) is 0 Å². The van der Waals surface area contributed by atoms with E-state index < -0.39 is 0 Å². The number of nitrogens with zero attached hydrogens (tertiary/aromatic N) is 2. The van der Waals surface area contributed by atoms with Gasteiger partial charge in [-0.25, -0.2) is 0 Å². The molecule has 1 aromatic carbocycles. The van der Waals surface area contributed by atoms with Crippen molar-refractivity contribution in [2.45, 2.75) is 40.7 Å². The standard InChI is InChI=1S/C19H32N2/c1-16(2)13-18-5-7-19(8-6-18)15-21-11-9-20(10-12-21)14-17(3)4/h5-8,16-17H,9-15H2,1-4H3. The molecule has 21 heavy (non-hydrogen) atoms. The Balaban J connectivity index is 1.78. The van der Waals surface area contributed by atoms with Gasteiger partial charge in [-0.1, -0.05) is 52.0 Å². The molecule has 2 rings (SSSR count). The van der Waals surface area contributed by atoms with Gasteiger partial charge in [-0.3, -0.25) is 4.90 Å². The van der Waals surface area contributed by atoms with Crippen LogP contribution in [0.5, 0.6) is 0 Å². The zero-order valence-electron chi connectivity index (χ0n) is 14.3. The molecule has 1 heterocycles. The van der Waals surface area contributed by atoms with Gasteiger partial charge >= 0.3 is 0 Å². The summed E-state index contributed by atoms with van der Waals surface area (Å²) in [7, 11) is 0. The lowest BCUT2D eigenvalue weighted by Gasteiger charge is -2.35. The fourth-order valence-corrected chi connectivity index (χ4v) is 3.16. The van der Waals surface area contributed by atoms with Crippen LogP contribution in [0.25, 0.3) is 0 Å². The van der Waals surface area contributed by atoms with E-state index in [2.05, 4.69) is 61.8 Å². The quantitative estimate of drug-likeness (QED) is 0.788. The highest BCUT2D eigenvalue weighted by atomic mass is 15.3. The molecule has 0 amide bonds. The Kier molecular flexibility index (Phi) is 6.25. The number of rotatable bonds is 6. The van der Waals surface area contributed by atoms with Crippen LogP contribution in [0.4, 0.5) is 0 Å². The predicted octanol–water partition coefficient (Wildman–Crippen LogP) is 3.66. The van der Waals surface area contributed by atoms with Gasteiger partial charge < -0.3 is 4.90 Å². The minimum absolute atomic E-state index is 0.741. The first-order chi connectivity index (χ1) is 10.0. The molecule has 0 unspecified atom stereocenters. The average molecular weight is 288 g/mol. The monoisotopic (exact) mass is 288 g/mol. The number of hydrogen-bond donors (Lipinski definition) is 0. The van der Waals surface area contributed by atoms with Crippen molar-refractivity contribution in [3.8, 4) is 0 Å². The maximum atomic E-state index is 2.60. The van der Waals surface area contributed by atoms with Crippen LogP contribution in [0.1, 0.15) is 38.8 Å². The molecule has 0 bridgehead atoms. The van der Waals surface area contributed by atoms with Crippen molar-refractivity contribution >= 4 is 0 Å². The van der Waals surface area contributed by atoms with Gasteiger partial charge in [-0.2, -0.15) is 0 Å². The molecule has 1 aromatic rings. The van der Waals surface area contributed by atoms with Gasteiger partial charge in [0.2, 0.25) is 0 Å². The molecule has 118 valence electrons. The predicted molar refractivity (Wildman–Crippen MR) is 91.5 cm³/mol. The van der Waals surface area contributed by atoms with Crippen LogP contribution in [0.2, 0.25) is 0 Å². The molecule has 1 fully saturated rings. The van der Waals surface area contributed by atoms with Gasteiger partial charge in [0.1, 0.15) is 0 Å². The third-order valence-electron chi connectivity index (χ3n) is 4.16. The van der Waals surface area contributed by atoms with Crippen molar-refractivity contribution in [3.63, 3.8) is 0 Å². The highest BCUT2D eigenvalue weighted by molar-refractivity contribution is 5.22. The lowest BCUT2D eigenvalue weighted by Crippen LogP contribution is -2.46.